The molecule has 1 aromatic rings. The van der Waals surface area contributed by atoms with Gasteiger partial charge < -0.3 is 10.1 Å². The molecule has 0 aromatic heterocycles. The van der Waals surface area contributed by atoms with E-state index < -0.39 is 10.0 Å². The number of hydrogen-bond donors (Lipinski definition) is 1. The first-order valence-corrected chi connectivity index (χ1v) is 8.38. The van der Waals surface area contributed by atoms with Gasteiger partial charge >= 0.3 is 0 Å². The fraction of sp³-hybridized carbons (Fsp3) is 0.538. The molecule has 110 valence electrons. The number of fused-ring (bicyclic) bond motifs is 1. The Morgan fingerprint density at radius 1 is 1.30 bits per heavy atom. The van der Waals surface area contributed by atoms with Crippen LogP contribution in [0.2, 0.25) is 5.02 Å². The maximum atomic E-state index is 12.7. The third kappa shape index (κ3) is 2.30. The quantitative estimate of drug-likeness (QED) is 0.910. The van der Waals surface area contributed by atoms with Crippen LogP contribution in [0.4, 0.5) is 0 Å². The summed E-state index contributed by atoms with van der Waals surface area (Å²) >= 11 is 6.06. The van der Waals surface area contributed by atoms with Gasteiger partial charge in [-0.25, -0.2) is 8.42 Å². The highest BCUT2D eigenvalue weighted by atomic mass is 35.5. The molecule has 2 saturated heterocycles. The van der Waals surface area contributed by atoms with Crippen LogP contribution in [0.1, 0.15) is 0 Å². The molecule has 7 heteroatoms. The molecule has 0 saturated carbocycles. The lowest BCUT2D eigenvalue weighted by atomic mass is 10.0. The van der Waals surface area contributed by atoms with Gasteiger partial charge in [0.2, 0.25) is 10.0 Å². The Kier molecular flexibility index (Phi) is 3.66. The fourth-order valence-electron chi connectivity index (χ4n) is 2.96. The summed E-state index contributed by atoms with van der Waals surface area (Å²) in [6.07, 6.45) is 0. The first-order valence-electron chi connectivity index (χ1n) is 6.57. The zero-order valence-corrected chi connectivity index (χ0v) is 12.7. The zero-order valence-electron chi connectivity index (χ0n) is 11.2. The number of benzene rings is 1. The van der Waals surface area contributed by atoms with Gasteiger partial charge in [0, 0.05) is 19.2 Å². The smallest absolute Gasteiger partial charge is 0.244 e. The number of sulfonamides is 1. The number of ether oxygens (including phenoxy) is 1. The van der Waals surface area contributed by atoms with Crippen molar-refractivity contribution in [1.82, 2.24) is 9.62 Å². The lowest BCUT2D eigenvalue weighted by molar-refractivity contribution is 0.412. The molecule has 0 bridgehead atoms. The summed E-state index contributed by atoms with van der Waals surface area (Å²) in [6, 6.07) is 4.71. The van der Waals surface area contributed by atoms with Crippen molar-refractivity contribution in [1.29, 1.82) is 0 Å². The van der Waals surface area contributed by atoms with Gasteiger partial charge in [0.25, 0.3) is 0 Å². The molecule has 2 aliphatic heterocycles. The summed E-state index contributed by atoms with van der Waals surface area (Å²) in [5.41, 5.74) is 0. The van der Waals surface area contributed by atoms with Crippen molar-refractivity contribution in [2.75, 3.05) is 33.3 Å². The average molecular weight is 317 g/mol. The van der Waals surface area contributed by atoms with Crippen LogP contribution in [0.15, 0.2) is 23.1 Å². The molecule has 0 aliphatic carbocycles. The molecule has 5 nitrogen and oxygen atoms in total. The normalized spacial score (nSPS) is 26.7. The van der Waals surface area contributed by atoms with Crippen LogP contribution in [-0.2, 0) is 10.0 Å². The highest BCUT2D eigenvalue weighted by Crippen LogP contribution is 2.34. The minimum atomic E-state index is -3.55. The van der Waals surface area contributed by atoms with Gasteiger partial charge in [0.05, 0.1) is 12.1 Å². The van der Waals surface area contributed by atoms with Gasteiger partial charge in [-0.15, -0.1) is 0 Å². The van der Waals surface area contributed by atoms with Crippen molar-refractivity contribution in [2.24, 2.45) is 11.8 Å². The third-order valence-electron chi connectivity index (χ3n) is 4.11. The second-order valence-electron chi connectivity index (χ2n) is 5.30. The second-order valence-corrected chi connectivity index (χ2v) is 7.61. The highest BCUT2D eigenvalue weighted by Gasteiger charge is 2.42. The second kappa shape index (κ2) is 5.18. The Hall–Kier alpha value is -0.820. The lowest BCUT2D eigenvalue weighted by Gasteiger charge is -2.18. The summed E-state index contributed by atoms with van der Waals surface area (Å²) in [7, 11) is -2.04. The molecule has 20 heavy (non-hydrogen) atoms. The van der Waals surface area contributed by atoms with Crippen LogP contribution in [0.5, 0.6) is 5.75 Å². The van der Waals surface area contributed by atoms with Crippen molar-refractivity contribution in [3.05, 3.63) is 23.2 Å². The number of nitrogens with zero attached hydrogens (tertiary/aromatic N) is 1. The fourth-order valence-corrected chi connectivity index (χ4v) is 5.00. The van der Waals surface area contributed by atoms with E-state index in [4.69, 9.17) is 16.3 Å². The van der Waals surface area contributed by atoms with Crippen LogP contribution < -0.4 is 10.1 Å². The monoisotopic (exact) mass is 316 g/mol. The van der Waals surface area contributed by atoms with Gasteiger partial charge in [-0.05, 0) is 37.1 Å². The summed E-state index contributed by atoms with van der Waals surface area (Å²) in [5.74, 6) is 1.32. The Bertz CT molecular complexity index is 608. The van der Waals surface area contributed by atoms with E-state index in [9.17, 15) is 8.42 Å². The van der Waals surface area contributed by atoms with Gasteiger partial charge in [-0.1, -0.05) is 11.6 Å². The van der Waals surface area contributed by atoms with Crippen molar-refractivity contribution in [3.63, 3.8) is 0 Å². The largest absolute Gasteiger partial charge is 0.497 e. The number of rotatable bonds is 3. The Morgan fingerprint density at radius 2 is 1.95 bits per heavy atom. The highest BCUT2D eigenvalue weighted by molar-refractivity contribution is 7.89. The minimum Gasteiger partial charge on any atom is -0.497 e. The maximum Gasteiger partial charge on any atom is 0.244 e. The molecule has 3 rings (SSSR count). The molecule has 2 fully saturated rings. The topological polar surface area (TPSA) is 58.6 Å². The van der Waals surface area contributed by atoms with Gasteiger partial charge in [-0.3, -0.25) is 0 Å². The van der Waals surface area contributed by atoms with E-state index in [-0.39, 0.29) is 9.92 Å². The average Bonchev–Trinajstić information content (AvgIpc) is 3.00. The van der Waals surface area contributed by atoms with Gasteiger partial charge in [0.15, 0.2) is 0 Å². The van der Waals surface area contributed by atoms with Gasteiger partial charge in [0.1, 0.15) is 10.6 Å². The van der Waals surface area contributed by atoms with Crippen LogP contribution in [0, 0.1) is 11.8 Å². The number of nitrogens with one attached hydrogen (secondary N) is 1. The SMILES string of the molecule is COc1ccc(Cl)c(S(=O)(=O)N2C[C@H]3CNC[C@H]3C2)c1. The van der Waals surface area contributed by atoms with E-state index in [0.717, 1.165) is 13.1 Å². The molecule has 2 atom stereocenters. The first-order chi connectivity index (χ1) is 9.52. The molecule has 2 aliphatic rings. The number of methoxy groups -OCH3 is 1. The molecule has 1 aromatic carbocycles. The van der Waals surface area contributed by atoms with E-state index in [1.807, 2.05) is 0 Å². The third-order valence-corrected chi connectivity index (χ3v) is 6.43. The summed E-state index contributed by atoms with van der Waals surface area (Å²) in [5, 5.41) is 3.54. The number of halogens is 1. The molecular formula is C13H17ClN2O3S. The molecular weight excluding hydrogens is 300 g/mol. The van der Waals surface area contributed by atoms with Crippen LogP contribution in [0.25, 0.3) is 0 Å². The summed E-state index contributed by atoms with van der Waals surface area (Å²) < 4.78 is 32.1. The standard InChI is InChI=1S/C13H17ClN2O3S/c1-19-11-2-3-12(14)13(4-11)20(17,18)16-7-9-5-15-6-10(9)8-16/h2-4,9-10,15H,5-8H2,1H3/t9-,10+. The van der Waals surface area contributed by atoms with Crippen LogP contribution in [-0.4, -0.2) is 46.0 Å². The first kappa shape index (κ1) is 14.1. The Labute approximate surface area is 123 Å². The summed E-state index contributed by atoms with van der Waals surface area (Å²) in [6.45, 7) is 2.91. The van der Waals surface area contributed by atoms with Crippen molar-refractivity contribution in [3.8, 4) is 5.75 Å². The predicted molar refractivity (Wildman–Crippen MR) is 76.6 cm³/mol. The molecule has 0 spiro atoms. The molecule has 0 radical (unpaired) electrons. The van der Waals surface area contributed by atoms with Crippen LogP contribution in [0.3, 0.4) is 0 Å². The van der Waals surface area contributed by atoms with Crippen LogP contribution >= 0.6 is 11.6 Å². The Morgan fingerprint density at radius 3 is 2.55 bits per heavy atom. The van der Waals surface area contributed by atoms with E-state index in [0.29, 0.717) is 30.7 Å². The van der Waals surface area contributed by atoms with E-state index in [1.165, 1.54) is 13.2 Å². The summed E-state index contributed by atoms with van der Waals surface area (Å²) in [4.78, 5) is 0.131. The molecule has 2 heterocycles. The van der Waals surface area contributed by atoms with E-state index >= 15 is 0 Å². The van der Waals surface area contributed by atoms with Crippen molar-refractivity contribution in [2.45, 2.75) is 4.90 Å². The molecule has 0 amide bonds. The molecule has 0 unspecified atom stereocenters. The zero-order chi connectivity index (χ0) is 14.3. The minimum absolute atomic E-state index is 0.131. The van der Waals surface area contributed by atoms with E-state index in [2.05, 4.69) is 5.32 Å². The molecule has 1 N–H and O–H groups in total. The van der Waals surface area contributed by atoms with Crippen molar-refractivity contribution < 1.29 is 13.2 Å². The Balaban J connectivity index is 1.92. The predicted octanol–water partition coefficient (Wildman–Crippen LogP) is 1.19. The van der Waals surface area contributed by atoms with Crippen molar-refractivity contribution >= 4 is 21.6 Å². The lowest BCUT2D eigenvalue weighted by Crippen LogP contribution is -2.32. The number of hydrogen-bond acceptors (Lipinski definition) is 4. The maximum absolute atomic E-state index is 12.7. The van der Waals surface area contributed by atoms with E-state index in [1.54, 1.807) is 16.4 Å². The van der Waals surface area contributed by atoms with Gasteiger partial charge in [-0.2, -0.15) is 4.31 Å².